The van der Waals surface area contributed by atoms with Crippen molar-refractivity contribution in [1.82, 2.24) is 0 Å². The molecule has 92 heavy (non-hydrogen) atoms. The van der Waals surface area contributed by atoms with Gasteiger partial charge in [-0.25, -0.2) is 0 Å². The highest BCUT2D eigenvalue weighted by Gasteiger charge is 2.70. The molecule has 0 N–H and O–H groups in total. The van der Waals surface area contributed by atoms with Crippen molar-refractivity contribution in [3.8, 4) is 63.2 Å². The van der Waals surface area contributed by atoms with E-state index >= 15 is 0 Å². The molecule has 7 aromatic rings. The molecule has 3 aliphatic carbocycles. The largest absolute Gasteiger partial charge is 0.489 e. The van der Waals surface area contributed by atoms with Crippen LogP contribution in [0.4, 0.5) is 0 Å². The Bertz CT molecular complexity index is 4320. The second-order valence-corrected chi connectivity index (χ2v) is 23.6. The molecule has 466 valence electrons. The summed E-state index contributed by atoms with van der Waals surface area (Å²) in [5.74, 6) is -8.15. The molecule has 20 heteroatoms. The number of allylic oxidation sites excluding steroid dienone is 1. The van der Waals surface area contributed by atoms with Gasteiger partial charge >= 0.3 is 47.8 Å². The second-order valence-electron chi connectivity index (χ2n) is 23.6. The quantitative estimate of drug-likeness (QED) is 0.0768. The fourth-order valence-corrected chi connectivity index (χ4v) is 15.0. The number of benzene rings is 7. The molecule has 0 radical (unpaired) electrons. The van der Waals surface area contributed by atoms with Gasteiger partial charge in [-0.2, -0.15) is 0 Å². The topological polar surface area (TPSA) is 255 Å². The Hall–Kier alpha value is -10.9. The van der Waals surface area contributed by atoms with Crippen molar-refractivity contribution in [1.29, 1.82) is 0 Å². The number of ketones is 1. The van der Waals surface area contributed by atoms with Gasteiger partial charge in [0.15, 0.2) is 5.78 Å². The number of esters is 8. The van der Waals surface area contributed by atoms with E-state index in [1.54, 1.807) is 109 Å². The van der Waals surface area contributed by atoms with Crippen LogP contribution in [0.25, 0.3) is 0 Å². The van der Waals surface area contributed by atoms with Gasteiger partial charge < -0.3 is 52.1 Å². The zero-order valence-corrected chi connectivity index (χ0v) is 50.8. The van der Waals surface area contributed by atoms with Crippen molar-refractivity contribution in [3.05, 3.63) is 195 Å². The summed E-state index contributed by atoms with van der Waals surface area (Å²) in [5.41, 5.74) is 4.67. The molecule has 13 rings (SSSR count). The summed E-state index contributed by atoms with van der Waals surface area (Å²) >= 11 is 0. The third-order valence-corrected chi connectivity index (χ3v) is 17.5. The van der Waals surface area contributed by atoms with Crippen LogP contribution in [0.1, 0.15) is 165 Å². The lowest BCUT2D eigenvalue weighted by atomic mass is 9.58. The van der Waals surface area contributed by atoms with Crippen LogP contribution < -0.4 is 52.1 Å². The van der Waals surface area contributed by atoms with Gasteiger partial charge in [0.2, 0.25) is 0 Å². The molecule has 6 aliphatic rings. The molecule has 1 fully saturated rings. The van der Waals surface area contributed by atoms with Gasteiger partial charge in [-0.1, -0.05) is 42.5 Å². The lowest BCUT2D eigenvalue weighted by molar-refractivity contribution is -0.133. The Balaban J connectivity index is 1.17. The Labute approximate surface area is 526 Å². The van der Waals surface area contributed by atoms with Crippen molar-refractivity contribution in [2.45, 2.75) is 116 Å². The molecular formula is C72H58O20. The summed E-state index contributed by atoms with van der Waals surface area (Å²) < 4.78 is 68.3. The maximum atomic E-state index is 14.3. The first-order valence-corrected chi connectivity index (χ1v) is 29.7. The highest BCUT2D eigenvalue weighted by atomic mass is 16.6. The molecule has 7 aromatic carbocycles. The lowest BCUT2D eigenvalue weighted by Gasteiger charge is -2.50. The highest BCUT2D eigenvalue weighted by Crippen LogP contribution is 2.79. The molecule has 0 amide bonds. The number of hydrogen-bond donors (Lipinski definition) is 0. The van der Waals surface area contributed by atoms with E-state index in [0.717, 1.165) is 0 Å². The predicted molar refractivity (Wildman–Crippen MR) is 323 cm³/mol. The summed E-state index contributed by atoms with van der Waals surface area (Å²) in [6.07, 6.45) is 0.500. The summed E-state index contributed by atoms with van der Waals surface area (Å²) in [6.45, 7) is 10.2. The second kappa shape index (κ2) is 23.2. The van der Waals surface area contributed by atoms with E-state index in [2.05, 4.69) is 0 Å². The van der Waals surface area contributed by atoms with Gasteiger partial charge in [-0.05, 0) is 124 Å². The summed E-state index contributed by atoms with van der Waals surface area (Å²) in [7, 11) is 0. The number of fused-ring (bicyclic) bond motifs is 3. The van der Waals surface area contributed by atoms with E-state index in [1.165, 1.54) is 61.5 Å². The predicted octanol–water partition coefficient (Wildman–Crippen LogP) is 11.7. The average molecular weight is 1240 g/mol. The molecule has 0 unspecified atom stereocenters. The van der Waals surface area contributed by atoms with Crippen molar-refractivity contribution < 1.29 is 95.3 Å². The minimum absolute atomic E-state index is 0.0238. The molecule has 0 saturated heterocycles. The first-order valence-electron chi connectivity index (χ1n) is 29.7. The molecule has 3 aliphatic heterocycles. The molecule has 0 aromatic heterocycles. The molecule has 0 bridgehead atoms. The molecule has 3 heterocycles. The van der Waals surface area contributed by atoms with E-state index in [9.17, 15) is 43.2 Å². The Kier molecular flexibility index (Phi) is 15.1. The van der Waals surface area contributed by atoms with Gasteiger partial charge in [0, 0.05) is 120 Å². The fourth-order valence-electron chi connectivity index (χ4n) is 15.0. The van der Waals surface area contributed by atoms with Crippen molar-refractivity contribution in [3.63, 3.8) is 0 Å². The monoisotopic (exact) mass is 1240 g/mol. The number of carbonyl (C=O) groups is 9. The average Bonchev–Trinajstić information content (AvgIpc) is 1.48. The minimum atomic E-state index is -1.27. The van der Waals surface area contributed by atoms with Crippen LogP contribution in [-0.4, -0.2) is 59.6 Å². The highest BCUT2D eigenvalue weighted by molar-refractivity contribution is 5.92. The maximum absolute atomic E-state index is 14.3. The Morgan fingerprint density at radius 1 is 0.359 bits per heavy atom. The van der Waals surface area contributed by atoms with Gasteiger partial charge in [0.25, 0.3) is 0 Å². The van der Waals surface area contributed by atoms with Gasteiger partial charge in [0.05, 0.1) is 11.8 Å². The molecule has 10 atom stereocenters. The number of carbonyl (C=O) groups excluding carboxylic acids is 9. The van der Waals surface area contributed by atoms with Crippen LogP contribution >= 0.6 is 0 Å². The number of ether oxygens (including phenoxy) is 11. The molecular weight excluding hydrogens is 1180 g/mol. The van der Waals surface area contributed by atoms with Crippen LogP contribution in [0.15, 0.2) is 140 Å². The van der Waals surface area contributed by atoms with E-state index in [4.69, 9.17) is 52.1 Å². The van der Waals surface area contributed by atoms with E-state index < -0.39 is 107 Å². The summed E-state index contributed by atoms with van der Waals surface area (Å²) in [5, 5.41) is 0. The van der Waals surface area contributed by atoms with Crippen LogP contribution in [0.2, 0.25) is 0 Å². The number of hydrogen-bond acceptors (Lipinski definition) is 20. The SMILES string of the molecule is CC(=O)Oc1ccc([C@@H]2Oc3cc(OC(C)=O)cc([C@@H]4[C@H]5c6cc(OC(C)=O)cc7c6[C@@H](c6cc(OC(C)=O)cc8c6[C@@H]5[C@@]5(C=CC(=O)C[C@@H]5O8)[C@H]4c4ccc(OC(C)=O)cc4)[C@H](c4ccc(OC(C)=O)cc4)O7)c3[C@H]2c2cc(OC(C)=O)cc(OC(C)=O)c2)cc1. The van der Waals surface area contributed by atoms with E-state index in [0.29, 0.717) is 67.1 Å². The van der Waals surface area contributed by atoms with Gasteiger partial charge in [-0.3, -0.25) is 43.2 Å². The molecule has 1 saturated carbocycles. The van der Waals surface area contributed by atoms with E-state index in [1.807, 2.05) is 24.3 Å². The van der Waals surface area contributed by atoms with E-state index in [-0.39, 0.29) is 63.9 Å². The number of rotatable bonds is 13. The minimum Gasteiger partial charge on any atom is -0.489 e. The molecule has 20 nitrogen and oxygen atoms in total. The van der Waals surface area contributed by atoms with Gasteiger partial charge in [-0.15, -0.1) is 0 Å². The Morgan fingerprint density at radius 2 is 0.707 bits per heavy atom. The zero-order valence-electron chi connectivity index (χ0n) is 50.8. The standard InChI is InChI=1S/C72H58O20/c1-33(73)82-46-15-9-41(10-16-46)68-65(54-27-51(87-38(6)78)30-57-62(54)61(70(91-57)42-11-17-47(18-12-42)83-34(2)74)44-23-49(85-36(4)76)26-50(24-44)86-37(5)77)66-55-28-52(88-39(7)79)31-58-63(55)67(71(92-58)43-13-19-48(20-14-43)84-35(3)75)56-29-53(89-40(8)80)32-59-64(56)69(66)72(68)22-21-45(81)25-60(72)90-59/h9-24,26-32,60-61,65-71H,25H2,1-8H3/t60-,61+,65+,66+,67+,68-,69-,70-,71-,72+/m0/s1. The van der Waals surface area contributed by atoms with Crippen molar-refractivity contribution in [2.24, 2.45) is 5.41 Å². The van der Waals surface area contributed by atoms with Crippen LogP contribution in [-0.2, 0) is 43.2 Å². The first kappa shape index (κ1) is 60.0. The third kappa shape index (κ3) is 10.8. The van der Waals surface area contributed by atoms with Gasteiger partial charge in [0.1, 0.15) is 81.6 Å². The van der Waals surface area contributed by atoms with Crippen molar-refractivity contribution >= 4 is 53.5 Å². The third-order valence-electron chi connectivity index (χ3n) is 17.5. The van der Waals surface area contributed by atoms with Crippen molar-refractivity contribution in [2.75, 3.05) is 0 Å². The fraction of sp³-hybridized carbons (Fsp3) is 0.264. The molecule has 1 spiro atoms. The van der Waals surface area contributed by atoms with Crippen LogP contribution in [0.3, 0.4) is 0 Å². The normalized spacial score (nSPS) is 22.8. The van der Waals surface area contributed by atoms with Crippen LogP contribution in [0.5, 0.6) is 63.2 Å². The Morgan fingerprint density at radius 3 is 1.13 bits per heavy atom. The maximum Gasteiger partial charge on any atom is 0.308 e. The first-order chi connectivity index (χ1) is 44.0. The zero-order chi connectivity index (χ0) is 64.8. The summed E-state index contributed by atoms with van der Waals surface area (Å²) in [4.78, 5) is 117. The summed E-state index contributed by atoms with van der Waals surface area (Å²) in [6, 6.07) is 35.6. The van der Waals surface area contributed by atoms with Crippen LogP contribution in [0, 0.1) is 5.41 Å². The smallest absolute Gasteiger partial charge is 0.308 e. The lowest BCUT2D eigenvalue weighted by Crippen LogP contribution is -2.50.